The van der Waals surface area contributed by atoms with Crippen LogP contribution in [0.5, 0.6) is 0 Å². The van der Waals surface area contributed by atoms with E-state index >= 15 is 0 Å². The summed E-state index contributed by atoms with van der Waals surface area (Å²) in [5.41, 5.74) is 0. The van der Waals surface area contributed by atoms with Crippen molar-refractivity contribution >= 4 is 0 Å². The Balaban J connectivity index is 1.75. The Bertz CT molecular complexity index is 201. The summed E-state index contributed by atoms with van der Waals surface area (Å²) >= 11 is 0. The summed E-state index contributed by atoms with van der Waals surface area (Å²) in [6, 6.07) is 1.67. The molecule has 2 aliphatic rings. The maximum atomic E-state index is 3.71. The molecule has 0 aromatic rings. The minimum Gasteiger partial charge on any atom is -0.312 e. The fourth-order valence-electron chi connectivity index (χ4n) is 2.86. The van der Waals surface area contributed by atoms with Crippen LogP contribution in [0.2, 0.25) is 0 Å². The van der Waals surface area contributed by atoms with E-state index in [1.807, 2.05) is 0 Å². The summed E-state index contributed by atoms with van der Waals surface area (Å²) in [5, 5.41) is 3.71. The van der Waals surface area contributed by atoms with Crippen molar-refractivity contribution in [2.45, 2.75) is 64.5 Å². The van der Waals surface area contributed by atoms with Crippen LogP contribution in [0.1, 0.15) is 52.4 Å². The standard InChI is InChI=1S/C14H28N2/c1-3-5-14(10-15-13-6-7-13)16-9-8-12(4-2)11-16/h12-15H,3-11H2,1-2H3. The molecule has 1 saturated carbocycles. The molecule has 2 unspecified atom stereocenters. The topological polar surface area (TPSA) is 15.3 Å². The minimum absolute atomic E-state index is 0.808. The third kappa shape index (κ3) is 3.46. The van der Waals surface area contributed by atoms with Crippen molar-refractivity contribution in [3.8, 4) is 0 Å². The van der Waals surface area contributed by atoms with Crippen molar-refractivity contribution in [1.29, 1.82) is 0 Å². The highest BCUT2D eigenvalue weighted by Crippen LogP contribution is 2.24. The van der Waals surface area contributed by atoms with Gasteiger partial charge >= 0.3 is 0 Å². The van der Waals surface area contributed by atoms with Crippen LogP contribution in [-0.2, 0) is 0 Å². The molecule has 2 heteroatoms. The second-order valence-electron chi connectivity index (χ2n) is 5.68. The Morgan fingerprint density at radius 1 is 1.25 bits per heavy atom. The first-order valence-electron chi connectivity index (χ1n) is 7.30. The van der Waals surface area contributed by atoms with E-state index in [9.17, 15) is 0 Å². The molecule has 2 atom stereocenters. The zero-order valence-corrected chi connectivity index (χ0v) is 11.0. The van der Waals surface area contributed by atoms with E-state index in [-0.39, 0.29) is 0 Å². The summed E-state index contributed by atoms with van der Waals surface area (Å²) in [4.78, 5) is 2.74. The molecule has 0 amide bonds. The van der Waals surface area contributed by atoms with Crippen molar-refractivity contribution < 1.29 is 0 Å². The smallest absolute Gasteiger partial charge is 0.0220 e. The SMILES string of the molecule is CCCC(CNC1CC1)N1CCC(CC)C1. The van der Waals surface area contributed by atoms with Gasteiger partial charge in [-0.05, 0) is 38.1 Å². The largest absolute Gasteiger partial charge is 0.312 e. The fraction of sp³-hybridized carbons (Fsp3) is 1.00. The summed E-state index contributed by atoms with van der Waals surface area (Å²) in [5.74, 6) is 0.972. The molecule has 2 rings (SSSR count). The van der Waals surface area contributed by atoms with Gasteiger partial charge in [0.1, 0.15) is 0 Å². The van der Waals surface area contributed by atoms with E-state index in [0.29, 0.717) is 0 Å². The Labute approximate surface area is 101 Å². The van der Waals surface area contributed by atoms with Crippen molar-refractivity contribution in [3.05, 3.63) is 0 Å². The molecule has 0 bridgehead atoms. The number of nitrogens with one attached hydrogen (secondary N) is 1. The minimum atomic E-state index is 0.808. The fourth-order valence-corrected chi connectivity index (χ4v) is 2.86. The highest BCUT2D eigenvalue weighted by atomic mass is 15.2. The monoisotopic (exact) mass is 224 g/mol. The predicted octanol–water partition coefficient (Wildman–Crippen LogP) is 2.64. The lowest BCUT2D eigenvalue weighted by molar-refractivity contribution is 0.214. The number of likely N-dealkylation sites (tertiary alicyclic amines) is 1. The second kappa shape index (κ2) is 6.02. The average Bonchev–Trinajstić information content (AvgIpc) is 3.00. The second-order valence-corrected chi connectivity index (χ2v) is 5.68. The lowest BCUT2D eigenvalue weighted by atomic mass is 10.1. The highest BCUT2D eigenvalue weighted by molar-refractivity contribution is 4.86. The van der Waals surface area contributed by atoms with E-state index < -0.39 is 0 Å². The van der Waals surface area contributed by atoms with Crippen LogP contribution in [0.15, 0.2) is 0 Å². The molecule has 2 fully saturated rings. The van der Waals surface area contributed by atoms with Gasteiger partial charge < -0.3 is 5.32 Å². The molecule has 1 N–H and O–H groups in total. The summed E-state index contributed by atoms with van der Waals surface area (Å²) in [7, 11) is 0. The summed E-state index contributed by atoms with van der Waals surface area (Å²) < 4.78 is 0. The lowest BCUT2D eigenvalue weighted by Gasteiger charge is -2.28. The van der Waals surface area contributed by atoms with Crippen LogP contribution in [0, 0.1) is 5.92 Å². The number of hydrogen-bond acceptors (Lipinski definition) is 2. The average molecular weight is 224 g/mol. The van der Waals surface area contributed by atoms with Gasteiger partial charge in [-0.2, -0.15) is 0 Å². The molecule has 1 aliphatic carbocycles. The van der Waals surface area contributed by atoms with Crippen LogP contribution in [-0.4, -0.2) is 36.6 Å². The number of rotatable bonds is 7. The Hall–Kier alpha value is -0.0800. The van der Waals surface area contributed by atoms with Gasteiger partial charge in [-0.3, -0.25) is 4.90 Å². The van der Waals surface area contributed by atoms with Crippen LogP contribution >= 0.6 is 0 Å². The van der Waals surface area contributed by atoms with E-state index in [1.54, 1.807) is 0 Å². The number of hydrogen-bond donors (Lipinski definition) is 1. The third-order valence-electron chi connectivity index (χ3n) is 4.25. The van der Waals surface area contributed by atoms with Crippen molar-refractivity contribution in [1.82, 2.24) is 10.2 Å². The molecule has 1 saturated heterocycles. The van der Waals surface area contributed by atoms with E-state index in [0.717, 1.165) is 18.0 Å². The van der Waals surface area contributed by atoms with Gasteiger partial charge in [0.2, 0.25) is 0 Å². The molecule has 1 heterocycles. The first-order chi connectivity index (χ1) is 7.83. The van der Waals surface area contributed by atoms with Crippen LogP contribution in [0.3, 0.4) is 0 Å². The van der Waals surface area contributed by atoms with E-state index in [4.69, 9.17) is 0 Å². The van der Waals surface area contributed by atoms with E-state index in [1.165, 1.54) is 58.2 Å². The first-order valence-corrected chi connectivity index (χ1v) is 7.30. The molecule has 16 heavy (non-hydrogen) atoms. The van der Waals surface area contributed by atoms with Gasteiger partial charge in [-0.25, -0.2) is 0 Å². The van der Waals surface area contributed by atoms with Crippen LogP contribution in [0.4, 0.5) is 0 Å². The first kappa shape index (κ1) is 12.4. The molecule has 0 radical (unpaired) electrons. The van der Waals surface area contributed by atoms with Gasteiger partial charge in [0.15, 0.2) is 0 Å². The van der Waals surface area contributed by atoms with Crippen molar-refractivity contribution in [2.24, 2.45) is 5.92 Å². The Morgan fingerprint density at radius 3 is 2.62 bits per heavy atom. The predicted molar refractivity (Wildman–Crippen MR) is 69.7 cm³/mol. The molecule has 2 nitrogen and oxygen atoms in total. The van der Waals surface area contributed by atoms with E-state index in [2.05, 4.69) is 24.1 Å². The summed E-state index contributed by atoms with van der Waals surface area (Å²) in [6.45, 7) is 8.58. The van der Waals surface area contributed by atoms with Gasteiger partial charge in [-0.15, -0.1) is 0 Å². The Kier molecular flexibility index (Phi) is 4.66. The molecule has 0 aromatic carbocycles. The quantitative estimate of drug-likeness (QED) is 0.715. The highest BCUT2D eigenvalue weighted by Gasteiger charge is 2.28. The molecule has 94 valence electrons. The Morgan fingerprint density at radius 2 is 2.06 bits per heavy atom. The molecular weight excluding hydrogens is 196 g/mol. The van der Waals surface area contributed by atoms with Crippen LogP contribution < -0.4 is 5.32 Å². The lowest BCUT2D eigenvalue weighted by Crippen LogP contribution is -2.41. The number of nitrogens with zero attached hydrogens (tertiary/aromatic N) is 1. The van der Waals surface area contributed by atoms with Crippen molar-refractivity contribution in [3.63, 3.8) is 0 Å². The summed E-state index contributed by atoms with van der Waals surface area (Å²) in [6.07, 6.45) is 8.32. The van der Waals surface area contributed by atoms with Gasteiger partial charge in [0, 0.05) is 25.2 Å². The maximum absolute atomic E-state index is 3.71. The zero-order valence-electron chi connectivity index (χ0n) is 11.0. The normalized spacial score (nSPS) is 28.5. The van der Waals surface area contributed by atoms with Gasteiger partial charge in [-0.1, -0.05) is 26.7 Å². The van der Waals surface area contributed by atoms with Gasteiger partial charge in [0.05, 0.1) is 0 Å². The third-order valence-corrected chi connectivity index (χ3v) is 4.25. The van der Waals surface area contributed by atoms with Gasteiger partial charge in [0.25, 0.3) is 0 Å². The molecule has 0 aromatic heterocycles. The molecule has 1 aliphatic heterocycles. The maximum Gasteiger partial charge on any atom is 0.0220 e. The molecular formula is C14H28N2. The van der Waals surface area contributed by atoms with Crippen LogP contribution in [0.25, 0.3) is 0 Å². The zero-order chi connectivity index (χ0) is 11.4. The molecule has 0 spiro atoms. The van der Waals surface area contributed by atoms with Crippen molar-refractivity contribution in [2.75, 3.05) is 19.6 Å².